The first-order valence-electron chi connectivity index (χ1n) is 9.30. The molecule has 0 aromatic rings. The molecule has 124 valence electrons. The fourth-order valence-corrected chi connectivity index (χ4v) is 4.39. The topological polar surface area (TPSA) is 38.5 Å². The van der Waals surface area contributed by atoms with E-state index in [1.54, 1.807) is 0 Å². The first-order valence-corrected chi connectivity index (χ1v) is 9.30. The molecule has 0 radical (unpaired) electrons. The largest absolute Gasteiger partial charge is 0.378 e. The lowest BCUT2D eigenvalue weighted by atomic mass is 9.74. The Bertz CT molecular complexity index is 281. The summed E-state index contributed by atoms with van der Waals surface area (Å²) in [5.74, 6) is 0.940. The van der Waals surface area contributed by atoms with Crippen LogP contribution in [0.4, 0.5) is 0 Å². The number of nitrogens with zero attached hydrogens (tertiary/aromatic N) is 1. The highest BCUT2D eigenvalue weighted by Crippen LogP contribution is 2.37. The highest BCUT2D eigenvalue weighted by atomic mass is 16.5. The number of hydrogen-bond acceptors (Lipinski definition) is 3. The molecule has 21 heavy (non-hydrogen) atoms. The number of ether oxygens (including phenoxy) is 1. The van der Waals surface area contributed by atoms with Crippen LogP contribution in [-0.2, 0) is 4.74 Å². The highest BCUT2D eigenvalue weighted by molar-refractivity contribution is 4.95. The molecule has 3 heteroatoms. The maximum Gasteiger partial charge on any atom is 0.0576 e. The Morgan fingerprint density at radius 1 is 1.19 bits per heavy atom. The molecule has 1 aliphatic carbocycles. The van der Waals surface area contributed by atoms with Gasteiger partial charge in [-0.05, 0) is 70.4 Å². The minimum absolute atomic E-state index is 0.289. The van der Waals surface area contributed by atoms with Gasteiger partial charge in [-0.3, -0.25) is 4.90 Å². The molecule has 0 aromatic heterocycles. The molecule has 2 rings (SSSR count). The van der Waals surface area contributed by atoms with Gasteiger partial charge in [0.05, 0.1) is 6.10 Å². The van der Waals surface area contributed by atoms with Crippen molar-refractivity contribution in [3.8, 4) is 0 Å². The summed E-state index contributed by atoms with van der Waals surface area (Å²) >= 11 is 0. The first-order chi connectivity index (χ1) is 10.2. The van der Waals surface area contributed by atoms with Gasteiger partial charge in [0.2, 0.25) is 0 Å². The summed E-state index contributed by atoms with van der Waals surface area (Å²) in [6.07, 6.45) is 12.2. The van der Waals surface area contributed by atoms with Crippen molar-refractivity contribution in [3.63, 3.8) is 0 Å². The molecule has 0 aromatic carbocycles. The van der Waals surface area contributed by atoms with E-state index in [0.717, 1.165) is 25.6 Å². The lowest BCUT2D eigenvalue weighted by Gasteiger charge is -2.47. The highest BCUT2D eigenvalue weighted by Gasteiger charge is 2.37. The minimum Gasteiger partial charge on any atom is -0.378 e. The van der Waals surface area contributed by atoms with Crippen molar-refractivity contribution < 1.29 is 4.74 Å². The third-order valence-corrected chi connectivity index (χ3v) is 6.02. The summed E-state index contributed by atoms with van der Waals surface area (Å²) in [7, 11) is 0. The molecule has 2 N–H and O–H groups in total. The van der Waals surface area contributed by atoms with E-state index in [2.05, 4.69) is 18.7 Å². The zero-order valence-corrected chi connectivity index (χ0v) is 14.3. The van der Waals surface area contributed by atoms with Gasteiger partial charge in [0, 0.05) is 18.7 Å². The number of likely N-dealkylation sites (N-methyl/N-ethyl adjacent to an activating group) is 1. The van der Waals surface area contributed by atoms with E-state index in [9.17, 15) is 0 Å². The molecular weight excluding hydrogens is 260 g/mol. The third kappa shape index (κ3) is 4.43. The fraction of sp³-hybridized carbons (Fsp3) is 1.00. The van der Waals surface area contributed by atoms with E-state index in [4.69, 9.17) is 10.5 Å². The second-order valence-electron chi connectivity index (χ2n) is 7.14. The molecular formula is C18H36N2O. The number of rotatable bonds is 8. The second kappa shape index (κ2) is 8.50. The molecule has 1 saturated carbocycles. The summed E-state index contributed by atoms with van der Waals surface area (Å²) in [6, 6.07) is 0. The fourth-order valence-electron chi connectivity index (χ4n) is 4.39. The van der Waals surface area contributed by atoms with Crippen molar-refractivity contribution in [3.05, 3.63) is 0 Å². The lowest BCUT2D eigenvalue weighted by Crippen LogP contribution is -2.56. The van der Waals surface area contributed by atoms with Gasteiger partial charge in [-0.15, -0.1) is 0 Å². The van der Waals surface area contributed by atoms with Gasteiger partial charge < -0.3 is 10.5 Å². The second-order valence-corrected chi connectivity index (χ2v) is 7.14. The van der Waals surface area contributed by atoms with Gasteiger partial charge in [0.15, 0.2) is 0 Å². The summed E-state index contributed by atoms with van der Waals surface area (Å²) in [5, 5.41) is 0. The van der Waals surface area contributed by atoms with Crippen molar-refractivity contribution in [2.45, 2.75) is 83.3 Å². The monoisotopic (exact) mass is 296 g/mol. The summed E-state index contributed by atoms with van der Waals surface area (Å²) < 4.78 is 5.75. The quantitative estimate of drug-likeness (QED) is 0.744. The Balaban J connectivity index is 1.82. The molecule has 1 unspecified atom stereocenters. The van der Waals surface area contributed by atoms with Crippen molar-refractivity contribution in [1.29, 1.82) is 0 Å². The number of hydrogen-bond donors (Lipinski definition) is 1. The zero-order chi connectivity index (χ0) is 15.1. The number of nitrogens with two attached hydrogens (primary N) is 1. The smallest absolute Gasteiger partial charge is 0.0576 e. The van der Waals surface area contributed by atoms with E-state index in [0.29, 0.717) is 6.10 Å². The van der Waals surface area contributed by atoms with Crippen LogP contribution in [0, 0.1) is 5.92 Å². The molecule has 2 fully saturated rings. The van der Waals surface area contributed by atoms with Gasteiger partial charge >= 0.3 is 0 Å². The van der Waals surface area contributed by atoms with Crippen LogP contribution < -0.4 is 5.73 Å². The third-order valence-electron chi connectivity index (χ3n) is 6.02. The van der Waals surface area contributed by atoms with Crippen LogP contribution in [0.2, 0.25) is 0 Å². The van der Waals surface area contributed by atoms with Crippen LogP contribution in [-0.4, -0.2) is 42.8 Å². The van der Waals surface area contributed by atoms with Crippen molar-refractivity contribution >= 4 is 0 Å². The Hall–Kier alpha value is -0.120. The summed E-state index contributed by atoms with van der Waals surface area (Å²) in [5.41, 5.74) is 6.52. The molecule has 0 spiro atoms. The Morgan fingerprint density at radius 2 is 1.95 bits per heavy atom. The van der Waals surface area contributed by atoms with E-state index in [1.165, 1.54) is 64.3 Å². The molecule has 2 aliphatic rings. The maximum absolute atomic E-state index is 6.23. The van der Waals surface area contributed by atoms with E-state index in [-0.39, 0.29) is 5.54 Å². The van der Waals surface area contributed by atoms with Crippen LogP contribution in [0.5, 0.6) is 0 Å². The average Bonchev–Trinajstić information content (AvgIpc) is 3.05. The van der Waals surface area contributed by atoms with Gasteiger partial charge in [0.1, 0.15) is 0 Å². The van der Waals surface area contributed by atoms with E-state index < -0.39 is 0 Å². The van der Waals surface area contributed by atoms with Crippen LogP contribution in [0.3, 0.4) is 0 Å². The van der Waals surface area contributed by atoms with Crippen LogP contribution in [0.15, 0.2) is 0 Å². The molecule has 0 amide bonds. The first kappa shape index (κ1) is 17.2. The standard InChI is InChI=1S/C18H36N2O/c1-3-16-9-11-18(15-19,12-10-16)20(4-2)13-5-7-17-8-6-14-21-17/h16-17H,3-15,19H2,1-2H3. The van der Waals surface area contributed by atoms with Gasteiger partial charge in [0.25, 0.3) is 0 Å². The van der Waals surface area contributed by atoms with E-state index >= 15 is 0 Å². The molecule has 1 atom stereocenters. The van der Waals surface area contributed by atoms with Crippen molar-refractivity contribution in [2.24, 2.45) is 11.7 Å². The van der Waals surface area contributed by atoms with Crippen molar-refractivity contribution in [1.82, 2.24) is 4.90 Å². The molecule has 1 aliphatic heterocycles. The molecule has 3 nitrogen and oxygen atoms in total. The van der Waals surface area contributed by atoms with Crippen LogP contribution in [0.25, 0.3) is 0 Å². The SMILES string of the molecule is CCC1CCC(CN)(N(CC)CCCC2CCCO2)CC1. The Labute approximate surface area is 131 Å². The van der Waals surface area contributed by atoms with Gasteiger partial charge in [-0.1, -0.05) is 20.3 Å². The lowest BCUT2D eigenvalue weighted by molar-refractivity contribution is 0.0384. The van der Waals surface area contributed by atoms with Gasteiger partial charge in [-0.2, -0.15) is 0 Å². The molecule has 1 heterocycles. The molecule has 0 bridgehead atoms. The maximum atomic E-state index is 6.23. The van der Waals surface area contributed by atoms with Crippen molar-refractivity contribution in [2.75, 3.05) is 26.2 Å². The average molecular weight is 296 g/mol. The van der Waals surface area contributed by atoms with Crippen LogP contribution in [0.1, 0.15) is 71.6 Å². The predicted molar refractivity (Wildman–Crippen MR) is 89.5 cm³/mol. The summed E-state index contributed by atoms with van der Waals surface area (Å²) in [4.78, 5) is 2.69. The van der Waals surface area contributed by atoms with E-state index in [1.807, 2.05) is 0 Å². The van der Waals surface area contributed by atoms with Crippen LogP contribution >= 0.6 is 0 Å². The normalized spacial score (nSPS) is 33.7. The Morgan fingerprint density at radius 3 is 2.48 bits per heavy atom. The molecule has 1 saturated heterocycles. The predicted octanol–water partition coefficient (Wildman–Crippen LogP) is 3.57. The van der Waals surface area contributed by atoms with Gasteiger partial charge in [-0.25, -0.2) is 0 Å². The zero-order valence-electron chi connectivity index (χ0n) is 14.3. The summed E-state index contributed by atoms with van der Waals surface area (Å²) in [6.45, 7) is 8.78. The Kier molecular flexibility index (Phi) is 6.97. The minimum atomic E-state index is 0.289.